The number of imidazole rings is 1. The lowest BCUT2D eigenvalue weighted by Gasteiger charge is -2.26. The molecule has 0 bridgehead atoms. The zero-order valence-electron chi connectivity index (χ0n) is 23.6. The van der Waals surface area contributed by atoms with Crippen molar-refractivity contribution in [3.8, 4) is 0 Å². The maximum Gasteiger partial charge on any atom is 0.320 e. The predicted molar refractivity (Wildman–Crippen MR) is 140 cm³/mol. The summed E-state index contributed by atoms with van der Waals surface area (Å²) in [7, 11) is 0. The van der Waals surface area contributed by atoms with E-state index in [1.54, 1.807) is 0 Å². The maximum absolute atomic E-state index is 12.4. The minimum absolute atomic E-state index is 0.0701. The molecule has 0 aliphatic carbocycles. The van der Waals surface area contributed by atoms with Crippen molar-refractivity contribution in [3.05, 3.63) is 18.7 Å². The number of hydrogen-bond donors (Lipinski definition) is 0. The van der Waals surface area contributed by atoms with Gasteiger partial charge in [0.1, 0.15) is 23.6 Å². The first kappa shape index (κ1) is 31.1. The standard InChI is InChI=1S/C28H52N3O4/c1-8-9-10-11-12-13-14-15-17-29-20-21-30(24-29)18-16-19-31(22-25(32)34-27(2,3)4)23-26(33)35-28(5,6)7/h20-21,24H,8-19,22-23H2,1-7H3/q+1. The van der Waals surface area contributed by atoms with Gasteiger partial charge < -0.3 is 9.47 Å². The lowest BCUT2D eigenvalue weighted by atomic mass is 10.1. The van der Waals surface area contributed by atoms with Crippen molar-refractivity contribution in [2.75, 3.05) is 19.6 Å². The van der Waals surface area contributed by atoms with Crippen LogP contribution in [0.4, 0.5) is 0 Å². The number of unbranched alkanes of at least 4 members (excludes halogenated alkanes) is 7. The van der Waals surface area contributed by atoms with Crippen molar-refractivity contribution < 1.29 is 23.6 Å². The predicted octanol–water partition coefficient (Wildman–Crippen LogP) is 5.29. The molecule has 1 heterocycles. The summed E-state index contributed by atoms with van der Waals surface area (Å²) in [5, 5.41) is 0. The van der Waals surface area contributed by atoms with Gasteiger partial charge in [-0.15, -0.1) is 0 Å². The molecule has 1 rings (SSSR count). The van der Waals surface area contributed by atoms with E-state index in [9.17, 15) is 9.59 Å². The molecule has 7 heteroatoms. The van der Waals surface area contributed by atoms with Crippen LogP contribution in [0.5, 0.6) is 0 Å². The molecule has 0 spiro atoms. The van der Waals surface area contributed by atoms with Gasteiger partial charge in [-0.3, -0.25) is 14.5 Å². The minimum atomic E-state index is -0.553. The highest BCUT2D eigenvalue weighted by molar-refractivity contribution is 5.75. The fourth-order valence-corrected chi connectivity index (χ4v) is 3.94. The van der Waals surface area contributed by atoms with Gasteiger partial charge in [0.2, 0.25) is 6.33 Å². The van der Waals surface area contributed by atoms with Crippen LogP contribution >= 0.6 is 0 Å². The zero-order valence-corrected chi connectivity index (χ0v) is 23.6. The van der Waals surface area contributed by atoms with E-state index in [1.807, 2.05) is 46.4 Å². The molecule has 0 N–H and O–H groups in total. The number of carbonyl (C=O) groups excluding carboxylic acids is 2. The number of rotatable bonds is 17. The van der Waals surface area contributed by atoms with E-state index in [-0.39, 0.29) is 25.0 Å². The van der Waals surface area contributed by atoms with Crippen LogP contribution in [0.15, 0.2) is 18.7 Å². The van der Waals surface area contributed by atoms with Crippen LogP contribution in [0.25, 0.3) is 0 Å². The summed E-state index contributed by atoms with van der Waals surface area (Å²) in [6.07, 6.45) is 17.8. The number of nitrogens with zero attached hydrogens (tertiary/aromatic N) is 3. The fraction of sp³-hybridized carbons (Fsp3) is 0.821. The van der Waals surface area contributed by atoms with Crippen LogP contribution in [0.2, 0.25) is 0 Å². The quantitative estimate of drug-likeness (QED) is 0.167. The van der Waals surface area contributed by atoms with Crippen molar-refractivity contribution in [1.82, 2.24) is 9.47 Å². The highest BCUT2D eigenvalue weighted by Gasteiger charge is 2.23. The Morgan fingerprint density at radius 2 is 1.31 bits per heavy atom. The van der Waals surface area contributed by atoms with Gasteiger partial charge >= 0.3 is 11.9 Å². The first-order valence-corrected chi connectivity index (χ1v) is 13.6. The molecule has 0 unspecified atom stereocenters. The number of aromatic nitrogens is 2. The van der Waals surface area contributed by atoms with E-state index in [1.165, 1.54) is 51.4 Å². The van der Waals surface area contributed by atoms with Gasteiger partial charge in [0.15, 0.2) is 0 Å². The van der Waals surface area contributed by atoms with Gasteiger partial charge in [-0.2, -0.15) is 0 Å². The van der Waals surface area contributed by atoms with Crippen LogP contribution in [0.3, 0.4) is 0 Å². The molecular weight excluding hydrogens is 442 g/mol. The second-order valence-corrected chi connectivity index (χ2v) is 11.6. The number of esters is 2. The van der Waals surface area contributed by atoms with Gasteiger partial charge in [-0.1, -0.05) is 45.4 Å². The summed E-state index contributed by atoms with van der Waals surface area (Å²) < 4.78 is 15.3. The molecule has 0 fully saturated rings. The summed E-state index contributed by atoms with van der Waals surface area (Å²) in [5.74, 6) is -0.657. The number of ether oxygens (including phenoxy) is 2. The molecule has 0 aliphatic rings. The molecule has 1 aromatic rings. The lowest BCUT2D eigenvalue weighted by molar-refractivity contribution is -0.696. The van der Waals surface area contributed by atoms with Crippen LogP contribution in [-0.2, 0) is 32.2 Å². The third kappa shape index (κ3) is 17.2. The average molecular weight is 495 g/mol. The number of carbonyl (C=O) groups is 2. The Morgan fingerprint density at radius 3 is 1.83 bits per heavy atom. The summed E-state index contributed by atoms with van der Waals surface area (Å²) in [6, 6.07) is 0. The van der Waals surface area contributed by atoms with E-state index in [4.69, 9.17) is 9.47 Å². The molecule has 0 aromatic carbocycles. The third-order valence-electron chi connectivity index (χ3n) is 5.45. The van der Waals surface area contributed by atoms with Gasteiger partial charge in [0.05, 0.1) is 26.2 Å². The van der Waals surface area contributed by atoms with Crippen LogP contribution in [-0.4, -0.2) is 52.2 Å². The fourth-order valence-electron chi connectivity index (χ4n) is 3.94. The molecule has 0 atom stereocenters. The molecule has 0 saturated carbocycles. The van der Waals surface area contributed by atoms with Crippen LogP contribution in [0.1, 0.15) is 106 Å². The second-order valence-electron chi connectivity index (χ2n) is 11.6. The molecule has 0 aliphatic heterocycles. The monoisotopic (exact) mass is 494 g/mol. The molecule has 202 valence electrons. The Hall–Kier alpha value is -1.89. The largest absolute Gasteiger partial charge is 0.459 e. The Labute approximate surface area is 214 Å². The first-order chi connectivity index (χ1) is 16.4. The first-order valence-electron chi connectivity index (χ1n) is 13.6. The van der Waals surface area contributed by atoms with E-state index in [0.717, 1.165) is 19.5 Å². The Morgan fingerprint density at radius 1 is 0.800 bits per heavy atom. The molecule has 0 radical (unpaired) electrons. The average Bonchev–Trinajstić information content (AvgIpc) is 3.14. The van der Waals surface area contributed by atoms with E-state index < -0.39 is 11.2 Å². The third-order valence-corrected chi connectivity index (χ3v) is 5.45. The van der Waals surface area contributed by atoms with Gasteiger partial charge in [-0.05, 0) is 60.8 Å². The number of hydrogen-bond acceptors (Lipinski definition) is 5. The van der Waals surface area contributed by atoms with Crippen molar-refractivity contribution in [3.63, 3.8) is 0 Å². The molecule has 35 heavy (non-hydrogen) atoms. The summed E-state index contributed by atoms with van der Waals surface area (Å²) in [6.45, 7) is 15.9. The highest BCUT2D eigenvalue weighted by atomic mass is 16.6. The maximum atomic E-state index is 12.4. The van der Waals surface area contributed by atoms with Crippen molar-refractivity contribution in [2.24, 2.45) is 0 Å². The molecule has 0 saturated heterocycles. The van der Waals surface area contributed by atoms with Crippen molar-refractivity contribution in [2.45, 2.75) is 131 Å². The molecule has 0 amide bonds. The summed E-state index contributed by atoms with van der Waals surface area (Å²) in [5.41, 5.74) is -1.11. The van der Waals surface area contributed by atoms with Gasteiger partial charge in [-0.25, -0.2) is 9.13 Å². The molecular formula is C28H52N3O4+. The van der Waals surface area contributed by atoms with Gasteiger partial charge in [0, 0.05) is 6.54 Å². The Balaban J connectivity index is 2.44. The van der Waals surface area contributed by atoms with Crippen molar-refractivity contribution in [1.29, 1.82) is 0 Å². The minimum Gasteiger partial charge on any atom is -0.459 e. The van der Waals surface area contributed by atoms with E-state index >= 15 is 0 Å². The molecule has 7 nitrogen and oxygen atoms in total. The van der Waals surface area contributed by atoms with Gasteiger partial charge in [0.25, 0.3) is 0 Å². The second kappa shape index (κ2) is 16.0. The molecule has 1 aromatic heterocycles. The SMILES string of the molecule is CCCCCCCCCCn1cc[n+](CCCN(CC(=O)OC(C)(C)C)CC(=O)OC(C)(C)C)c1. The van der Waals surface area contributed by atoms with E-state index in [0.29, 0.717) is 6.54 Å². The van der Waals surface area contributed by atoms with Crippen molar-refractivity contribution >= 4 is 11.9 Å². The smallest absolute Gasteiger partial charge is 0.320 e. The Bertz CT molecular complexity index is 701. The zero-order chi connectivity index (χ0) is 26.3. The number of aryl methyl sites for hydroxylation is 2. The highest BCUT2D eigenvalue weighted by Crippen LogP contribution is 2.11. The summed E-state index contributed by atoms with van der Waals surface area (Å²) >= 11 is 0. The van der Waals surface area contributed by atoms with Crippen LogP contribution in [0, 0.1) is 0 Å². The lowest BCUT2D eigenvalue weighted by Crippen LogP contribution is -2.41. The summed E-state index contributed by atoms with van der Waals surface area (Å²) in [4.78, 5) is 26.5. The van der Waals surface area contributed by atoms with E-state index in [2.05, 4.69) is 34.8 Å². The van der Waals surface area contributed by atoms with Crippen LogP contribution < -0.4 is 4.57 Å². The Kier molecular flexibility index (Phi) is 14.2. The topological polar surface area (TPSA) is 64.6 Å². The normalized spacial score (nSPS) is 12.2.